The molecule has 1 aromatic heterocycles. The summed E-state index contributed by atoms with van der Waals surface area (Å²) >= 11 is 1.00. The number of amides is 2. The third kappa shape index (κ3) is 6.06. The number of hydrogen-bond acceptors (Lipinski definition) is 5. The van der Waals surface area contributed by atoms with Gasteiger partial charge in [0, 0.05) is 12.7 Å². The maximum Gasteiger partial charge on any atom is 0.416 e. The summed E-state index contributed by atoms with van der Waals surface area (Å²) in [5, 5.41) is 13.0. The SMILES string of the molecule is Cn1c(CC(=O)Nc2ccccc2F)nnc1SCC(=O)Nc1cccc(C(F)(F)F)c1. The van der Waals surface area contributed by atoms with Crippen molar-refractivity contribution in [3.63, 3.8) is 0 Å². The standard InChI is InChI=1S/C20H17F4N5O2S/c1-29-16(10-17(30)26-15-8-3-2-7-14(15)21)27-28-19(29)32-11-18(31)25-13-6-4-5-12(9-13)20(22,23)24/h2-9H,10-11H2,1H3,(H,25,31)(H,26,30). The first kappa shape index (κ1) is 23.3. The molecule has 3 rings (SSSR count). The Labute approximate surface area is 184 Å². The lowest BCUT2D eigenvalue weighted by Crippen LogP contribution is -2.18. The van der Waals surface area contributed by atoms with Gasteiger partial charge in [0.15, 0.2) is 5.16 Å². The molecule has 2 amide bonds. The molecule has 0 bridgehead atoms. The fraction of sp³-hybridized carbons (Fsp3) is 0.200. The van der Waals surface area contributed by atoms with Crippen LogP contribution in [0.4, 0.5) is 28.9 Å². The Bertz CT molecular complexity index is 1130. The summed E-state index contributed by atoms with van der Waals surface area (Å²) in [4.78, 5) is 24.3. The highest BCUT2D eigenvalue weighted by Crippen LogP contribution is 2.30. The van der Waals surface area contributed by atoms with Gasteiger partial charge in [0.05, 0.1) is 23.4 Å². The molecule has 1 heterocycles. The fourth-order valence-corrected chi connectivity index (χ4v) is 3.36. The van der Waals surface area contributed by atoms with Crippen LogP contribution in [0.15, 0.2) is 53.7 Å². The molecule has 7 nitrogen and oxygen atoms in total. The number of nitrogens with one attached hydrogen (secondary N) is 2. The first-order valence-corrected chi connectivity index (χ1v) is 10.1. The topological polar surface area (TPSA) is 88.9 Å². The van der Waals surface area contributed by atoms with Crippen LogP contribution in [-0.4, -0.2) is 32.3 Å². The van der Waals surface area contributed by atoms with E-state index >= 15 is 0 Å². The number of anilines is 2. The zero-order valence-corrected chi connectivity index (χ0v) is 17.4. The molecule has 32 heavy (non-hydrogen) atoms. The monoisotopic (exact) mass is 467 g/mol. The minimum absolute atomic E-state index is 0.0221. The van der Waals surface area contributed by atoms with Crippen LogP contribution in [0.5, 0.6) is 0 Å². The maximum absolute atomic E-state index is 13.6. The molecular formula is C20H17F4N5O2S. The molecule has 0 atom stereocenters. The van der Waals surface area contributed by atoms with Crippen molar-refractivity contribution in [3.8, 4) is 0 Å². The number of thioether (sulfide) groups is 1. The van der Waals surface area contributed by atoms with E-state index in [2.05, 4.69) is 20.8 Å². The van der Waals surface area contributed by atoms with Crippen LogP contribution in [0.2, 0.25) is 0 Å². The van der Waals surface area contributed by atoms with Crippen LogP contribution in [0.25, 0.3) is 0 Å². The smallest absolute Gasteiger partial charge is 0.325 e. The van der Waals surface area contributed by atoms with Crippen LogP contribution in [-0.2, 0) is 29.2 Å². The van der Waals surface area contributed by atoms with Gasteiger partial charge in [-0.1, -0.05) is 30.0 Å². The molecule has 168 valence electrons. The van der Waals surface area contributed by atoms with Crippen LogP contribution >= 0.6 is 11.8 Å². The summed E-state index contributed by atoms with van der Waals surface area (Å²) in [6, 6.07) is 10.0. The number of alkyl halides is 3. The lowest BCUT2D eigenvalue weighted by molar-refractivity contribution is -0.137. The molecule has 0 aliphatic rings. The quantitative estimate of drug-likeness (QED) is 0.407. The number of rotatable bonds is 7. The number of hydrogen-bond donors (Lipinski definition) is 2. The highest BCUT2D eigenvalue weighted by atomic mass is 32.2. The Morgan fingerprint density at radius 3 is 2.50 bits per heavy atom. The highest BCUT2D eigenvalue weighted by Gasteiger charge is 2.30. The first-order valence-electron chi connectivity index (χ1n) is 9.16. The number of benzene rings is 2. The van der Waals surface area contributed by atoms with E-state index in [1.165, 1.54) is 34.9 Å². The normalized spacial score (nSPS) is 11.3. The summed E-state index contributed by atoms with van der Waals surface area (Å²) in [5.74, 6) is -1.44. The predicted octanol–water partition coefficient (Wildman–Crippen LogP) is 3.89. The Balaban J connectivity index is 1.55. The van der Waals surface area contributed by atoms with E-state index < -0.39 is 29.4 Å². The second-order valence-electron chi connectivity index (χ2n) is 6.58. The summed E-state index contributed by atoms with van der Waals surface area (Å²) in [6.07, 6.45) is -4.68. The van der Waals surface area contributed by atoms with Gasteiger partial charge < -0.3 is 15.2 Å². The minimum Gasteiger partial charge on any atom is -0.325 e. The summed E-state index contributed by atoms with van der Waals surface area (Å²) in [6.45, 7) is 0. The van der Waals surface area contributed by atoms with E-state index in [9.17, 15) is 27.2 Å². The maximum atomic E-state index is 13.6. The molecule has 12 heteroatoms. The minimum atomic E-state index is -4.51. The molecule has 0 aliphatic carbocycles. The molecule has 0 unspecified atom stereocenters. The van der Waals surface area contributed by atoms with Gasteiger partial charge in [-0.05, 0) is 30.3 Å². The number of para-hydroxylation sites is 1. The van der Waals surface area contributed by atoms with Gasteiger partial charge >= 0.3 is 6.18 Å². The molecule has 0 saturated carbocycles. The van der Waals surface area contributed by atoms with Crippen molar-refractivity contribution in [1.82, 2.24) is 14.8 Å². The van der Waals surface area contributed by atoms with Gasteiger partial charge in [-0.25, -0.2) is 4.39 Å². The van der Waals surface area contributed by atoms with Crippen molar-refractivity contribution in [1.29, 1.82) is 0 Å². The van der Waals surface area contributed by atoms with Gasteiger partial charge in [0.2, 0.25) is 11.8 Å². The van der Waals surface area contributed by atoms with Crippen molar-refractivity contribution in [3.05, 3.63) is 65.7 Å². The van der Waals surface area contributed by atoms with E-state index in [1.807, 2.05) is 0 Å². The van der Waals surface area contributed by atoms with Crippen LogP contribution in [0.3, 0.4) is 0 Å². The summed E-state index contributed by atoms with van der Waals surface area (Å²) < 4.78 is 53.5. The van der Waals surface area contributed by atoms with E-state index in [4.69, 9.17) is 0 Å². The molecule has 0 fully saturated rings. The van der Waals surface area contributed by atoms with Gasteiger partial charge in [0.25, 0.3) is 0 Å². The van der Waals surface area contributed by atoms with E-state index in [1.54, 1.807) is 13.1 Å². The summed E-state index contributed by atoms with van der Waals surface area (Å²) in [5.41, 5.74) is -0.802. The molecular weight excluding hydrogens is 450 g/mol. The highest BCUT2D eigenvalue weighted by molar-refractivity contribution is 7.99. The van der Waals surface area contributed by atoms with Crippen LogP contribution < -0.4 is 10.6 Å². The average Bonchev–Trinajstić information content (AvgIpc) is 3.07. The molecule has 0 spiro atoms. The van der Waals surface area contributed by atoms with Gasteiger partial charge in [-0.15, -0.1) is 10.2 Å². The number of carbonyl (C=O) groups excluding carboxylic acids is 2. The molecule has 0 aliphatic heterocycles. The Morgan fingerprint density at radius 1 is 1.03 bits per heavy atom. The number of carbonyl (C=O) groups is 2. The molecule has 0 radical (unpaired) electrons. The Kier molecular flexibility index (Phi) is 7.13. The van der Waals surface area contributed by atoms with E-state index in [0.717, 1.165) is 23.9 Å². The Morgan fingerprint density at radius 2 is 1.78 bits per heavy atom. The molecule has 3 aromatic rings. The van der Waals surface area contributed by atoms with Crippen LogP contribution in [0, 0.1) is 5.82 Å². The van der Waals surface area contributed by atoms with Gasteiger partial charge in [-0.3, -0.25) is 9.59 Å². The summed E-state index contributed by atoms with van der Waals surface area (Å²) in [7, 11) is 1.60. The zero-order chi connectivity index (χ0) is 23.3. The largest absolute Gasteiger partial charge is 0.416 e. The number of halogens is 4. The first-order chi connectivity index (χ1) is 15.1. The van der Waals surface area contributed by atoms with E-state index in [0.29, 0.717) is 11.0 Å². The van der Waals surface area contributed by atoms with Crippen molar-refractivity contribution in [2.45, 2.75) is 17.8 Å². The third-order valence-electron chi connectivity index (χ3n) is 4.20. The predicted molar refractivity (Wildman–Crippen MR) is 111 cm³/mol. The second-order valence-corrected chi connectivity index (χ2v) is 7.52. The lowest BCUT2D eigenvalue weighted by atomic mass is 10.2. The van der Waals surface area contributed by atoms with Crippen molar-refractivity contribution < 1.29 is 27.2 Å². The fourth-order valence-electron chi connectivity index (χ4n) is 2.63. The number of aromatic nitrogens is 3. The van der Waals surface area contributed by atoms with Crippen molar-refractivity contribution in [2.24, 2.45) is 7.05 Å². The zero-order valence-electron chi connectivity index (χ0n) is 16.6. The van der Waals surface area contributed by atoms with Crippen molar-refractivity contribution >= 4 is 35.0 Å². The van der Waals surface area contributed by atoms with Crippen molar-refractivity contribution in [2.75, 3.05) is 16.4 Å². The third-order valence-corrected chi connectivity index (χ3v) is 5.22. The Hall–Kier alpha value is -3.41. The molecule has 2 aromatic carbocycles. The molecule has 0 saturated heterocycles. The van der Waals surface area contributed by atoms with E-state index in [-0.39, 0.29) is 23.5 Å². The second kappa shape index (κ2) is 9.81. The lowest BCUT2D eigenvalue weighted by Gasteiger charge is -2.10. The van der Waals surface area contributed by atoms with Gasteiger partial charge in [-0.2, -0.15) is 13.2 Å². The average molecular weight is 467 g/mol. The number of nitrogens with zero attached hydrogens (tertiary/aromatic N) is 3. The van der Waals surface area contributed by atoms with Crippen LogP contribution in [0.1, 0.15) is 11.4 Å². The molecule has 2 N–H and O–H groups in total. The van der Waals surface area contributed by atoms with Gasteiger partial charge in [0.1, 0.15) is 11.6 Å².